The number of esters is 1. The van der Waals surface area contributed by atoms with Gasteiger partial charge in [-0.2, -0.15) is 0 Å². The van der Waals surface area contributed by atoms with Gasteiger partial charge < -0.3 is 19.5 Å². The molecule has 0 bridgehead atoms. The van der Waals surface area contributed by atoms with Crippen LogP contribution in [0.5, 0.6) is 0 Å². The first kappa shape index (κ1) is 19.8. The first-order chi connectivity index (χ1) is 12.4. The molecule has 142 valence electrons. The van der Waals surface area contributed by atoms with Crippen LogP contribution in [0.2, 0.25) is 0 Å². The van der Waals surface area contributed by atoms with Crippen LogP contribution in [-0.2, 0) is 23.8 Å². The van der Waals surface area contributed by atoms with Gasteiger partial charge in [-0.1, -0.05) is 52.0 Å². The number of amides is 1. The van der Waals surface area contributed by atoms with E-state index in [4.69, 9.17) is 14.2 Å². The highest BCUT2D eigenvalue weighted by Gasteiger charge is 2.21. The SMILES string of the molecule is CC(C)c1ccc([C@@H](NC(=O)COC(=O)C2=COCCO2)C(C)C)cc1. The minimum atomic E-state index is -0.706. The van der Waals surface area contributed by atoms with Crippen molar-refractivity contribution < 1.29 is 23.8 Å². The molecule has 0 aliphatic carbocycles. The van der Waals surface area contributed by atoms with Crippen molar-refractivity contribution in [2.75, 3.05) is 19.8 Å². The molecule has 0 saturated heterocycles. The number of ether oxygens (including phenoxy) is 3. The maximum Gasteiger partial charge on any atom is 0.377 e. The van der Waals surface area contributed by atoms with Gasteiger partial charge in [-0.15, -0.1) is 0 Å². The molecule has 6 nitrogen and oxygen atoms in total. The number of rotatable bonds is 7. The Hall–Kier alpha value is -2.50. The molecule has 1 N–H and O–H groups in total. The highest BCUT2D eigenvalue weighted by atomic mass is 16.6. The molecular weight excluding hydrogens is 334 g/mol. The standard InChI is InChI=1S/C20H27NO5/c1-13(2)15-5-7-16(8-6-15)19(14(3)4)21-18(22)12-26-20(23)17-11-24-9-10-25-17/h5-8,11,13-14,19H,9-10,12H2,1-4H3,(H,21,22)/t19-/m0/s1. The monoisotopic (exact) mass is 361 g/mol. The van der Waals surface area contributed by atoms with Gasteiger partial charge in [0.1, 0.15) is 19.5 Å². The Bertz CT molecular complexity index is 649. The van der Waals surface area contributed by atoms with Gasteiger partial charge in [-0.05, 0) is 23.0 Å². The molecule has 6 heteroatoms. The molecule has 26 heavy (non-hydrogen) atoms. The highest BCUT2D eigenvalue weighted by Crippen LogP contribution is 2.24. The first-order valence-electron chi connectivity index (χ1n) is 8.89. The van der Waals surface area contributed by atoms with Crippen molar-refractivity contribution in [3.63, 3.8) is 0 Å². The van der Waals surface area contributed by atoms with Gasteiger partial charge >= 0.3 is 5.97 Å². The first-order valence-corrected chi connectivity index (χ1v) is 8.89. The zero-order chi connectivity index (χ0) is 19.1. The number of carbonyl (C=O) groups is 2. The zero-order valence-corrected chi connectivity index (χ0v) is 15.8. The normalized spacial score (nSPS) is 14.9. The molecule has 1 aromatic carbocycles. The molecule has 0 unspecified atom stereocenters. The van der Waals surface area contributed by atoms with Crippen molar-refractivity contribution in [1.82, 2.24) is 5.32 Å². The number of benzene rings is 1. The molecular formula is C20H27NO5. The van der Waals surface area contributed by atoms with E-state index in [0.29, 0.717) is 12.5 Å². The summed E-state index contributed by atoms with van der Waals surface area (Å²) in [6, 6.07) is 8.06. The number of carbonyl (C=O) groups excluding carboxylic acids is 2. The molecule has 1 heterocycles. The van der Waals surface area contributed by atoms with Gasteiger partial charge in [0.05, 0.1) is 6.04 Å². The summed E-state index contributed by atoms with van der Waals surface area (Å²) >= 11 is 0. The summed E-state index contributed by atoms with van der Waals surface area (Å²) in [6.07, 6.45) is 1.21. The third kappa shape index (κ3) is 5.51. The fourth-order valence-electron chi connectivity index (χ4n) is 2.62. The molecule has 1 aliphatic rings. The fourth-order valence-corrected chi connectivity index (χ4v) is 2.62. The summed E-state index contributed by atoms with van der Waals surface area (Å²) in [7, 11) is 0. The van der Waals surface area contributed by atoms with E-state index in [1.807, 2.05) is 26.0 Å². The van der Waals surface area contributed by atoms with Crippen molar-refractivity contribution in [3.05, 3.63) is 47.4 Å². The lowest BCUT2D eigenvalue weighted by molar-refractivity contribution is -0.149. The van der Waals surface area contributed by atoms with Crippen LogP contribution in [0.15, 0.2) is 36.3 Å². The molecule has 0 saturated carbocycles. The predicted molar refractivity (Wildman–Crippen MR) is 97.2 cm³/mol. The van der Waals surface area contributed by atoms with E-state index in [9.17, 15) is 9.59 Å². The second-order valence-corrected chi connectivity index (χ2v) is 6.89. The number of hydrogen-bond acceptors (Lipinski definition) is 5. The lowest BCUT2D eigenvalue weighted by atomic mass is 9.93. The summed E-state index contributed by atoms with van der Waals surface area (Å²) < 4.78 is 15.1. The van der Waals surface area contributed by atoms with Crippen LogP contribution in [0.4, 0.5) is 0 Å². The van der Waals surface area contributed by atoms with Crippen LogP contribution in [0.3, 0.4) is 0 Å². The van der Waals surface area contributed by atoms with Gasteiger partial charge in [-0.3, -0.25) is 4.79 Å². The van der Waals surface area contributed by atoms with E-state index in [1.165, 1.54) is 11.8 Å². The maximum atomic E-state index is 12.2. The Morgan fingerprint density at radius 2 is 1.73 bits per heavy atom. The van der Waals surface area contributed by atoms with E-state index in [-0.39, 0.29) is 36.8 Å². The quantitative estimate of drug-likeness (QED) is 0.756. The average molecular weight is 361 g/mol. The lowest BCUT2D eigenvalue weighted by Crippen LogP contribution is -2.35. The van der Waals surface area contributed by atoms with E-state index in [2.05, 4.69) is 31.3 Å². The van der Waals surface area contributed by atoms with Crippen LogP contribution >= 0.6 is 0 Å². The summed E-state index contributed by atoms with van der Waals surface area (Å²) in [4.78, 5) is 24.0. The van der Waals surface area contributed by atoms with Crippen molar-refractivity contribution >= 4 is 11.9 Å². The summed E-state index contributed by atoms with van der Waals surface area (Å²) in [5.41, 5.74) is 2.27. The topological polar surface area (TPSA) is 73.9 Å². The minimum absolute atomic E-state index is 0.0197. The van der Waals surface area contributed by atoms with Gasteiger partial charge in [0.15, 0.2) is 6.61 Å². The average Bonchev–Trinajstić information content (AvgIpc) is 2.64. The van der Waals surface area contributed by atoms with Crippen molar-refractivity contribution in [1.29, 1.82) is 0 Å². The van der Waals surface area contributed by atoms with Crippen LogP contribution in [0, 0.1) is 5.92 Å². The third-order valence-corrected chi connectivity index (χ3v) is 4.13. The minimum Gasteiger partial charge on any atom is -0.493 e. The largest absolute Gasteiger partial charge is 0.493 e. The predicted octanol–water partition coefficient (Wildman–Crippen LogP) is 3.05. The van der Waals surface area contributed by atoms with E-state index in [1.54, 1.807) is 0 Å². The second kappa shape index (κ2) is 9.27. The molecule has 0 fully saturated rings. The van der Waals surface area contributed by atoms with E-state index < -0.39 is 5.97 Å². The smallest absolute Gasteiger partial charge is 0.377 e. The second-order valence-electron chi connectivity index (χ2n) is 6.89. The third-order valence-electron chi connectivity index (χ3n) is 4.13. The van der Waals surface area contributed by atoms with E-state index >= 15 is 0 Å². The number of nitrogens with one attached hydrogen (secondary N) is 1. The Morgan fingerprint density at radius 3 is 2.27 bits per heavy atom. The van der Waals surface area contributed by atoms with Gasteiger partial charge in [0.2, 0.25) is 5.76 Å². The van der Waals surface area contributed by atoms with Crippen molar-refractivity contribution in [2.45, 2.75) is 39.7 Å². The molecule has 1 aliphatic heterocycles. The Morgan fingerprint density at radius 1 is 1.08 bits per heavy atom. The maximum absolute atomic E-state index is 12.2. The lowest BCUT2D eigenvalue weighted by Gasteiger charge is -2.23. The summed E-state index contributed by atoms with van der Waals surface area (Å²) in [5.74, 6) is -0.438. The van der Waals surface area contributed by atoms with Gasteiger partial charge in [-0.25, -0.2) is 4.79 Å². The molecule has 0 radical (unpaired) electrons. The molecule has 0 spiro atoms. The van der Waals surface area contributed by atoms with Gasteiger partial charge in [0, 0.05) is 0 Å². The Balaban J connectivity index is 1.93. The fraction of sp³-hybridized carbons (Fsp3) is 0.500. The van der Waals surface area contributed by atoms with Crippen LogP contribution in [0.1, 0.15) is 50.8 Å². The van der Waals surface area contributed by atoms with Crippen molar-refractivity contribution in [2.24, 2.45) is 5.92 Å². The molecule has 1 aromatic rings. The van der Waals surface area contributed by atoms with E-state index in [0.717, 1.165) is 5.56 Å². The molecule has 0 aromatic heterocycles. The van der Waals surface area contributed by atoms with Crippen LogP contribution in [0.25, 0.3) is 0 Å². The summed E-state index contributed by atoms with van der Waals surface area (Å²) in [6.45, 7) is 8.66. The Kier molecular flexibility index (Phi) is 7.06. The van der Waals surface area contributed by atoms with Crippen molar-refractivity contribution in [3.8, 4) is 0 Å². The van der Waals surface area contributed by atoms with Crippen LogP contribution < -0.4 is 5.32 Å². The molecule has 1 atom stereocenters. The Labute approximate surface area is 154 Å². The zero-order valence-electron chi connectivity index (χ0n) is 15.8. The summed E-state index contributed by atoms with van der Waals surface area (Å²) in [5, 5.41) is 2.93. The molecule has 2 rings (SSSR count). The van der Waals surface area contributed by atoms with Crippen LogP contribution in [-0.4, -0.2) is 31.7 Å². The van der Waals surface area contributed by atoms with Gasteiger partial charge in [0.25, 0.3) is 5.91 Å². The highest BCUT2D eigenvalue weighted by molar-refractivity contribution is 5.88. The molecule has 1 amide bonds. The number of hydrogen-bond donors (Lipinski definition) is 1.